The molecule has 3 atom stereocenters. The summed E-state index contributed by atoms with van der Waals surface area (Å²) < 4.78 is 32.7. The fourth-order valence-corrected chi connectivity index (χ4v) is 7.51. The molecule has 0 spiro atoms. The molecule has 0 rings (SSSR count). The summed E-state index contributed by atoms with van der Waals surface area (Å²) >= 11 is 0. The number of allylic oxidation sites excluding steroid dienone is 6. The molecule has 61 heavy (non-hydrogen) atoms. The van der Waals surface area contributed by atoms with Crippen molar-refractivity contribution in [1.82, 2.24) is 0 Å². The Morgan fingerprint density at radius 3 is 1.39 bits per heavy atom. The lowest BCUT2D eigenvalue weighted by atomic mass is 10.0. The second kappa shape index (κ2) is 44.3. The van der Waals surface area contributed by atoms with Crippen LogP contribution in [0.25, 0.3) is 0 Å². The molecule has 0 fully saturated rings. The Kier molecular flexibility index (Phi) is 42.6. The summed E-state index contributed by atoms with van der Waals surface area (Å²) in [4.78, 5) is 46.0. The SMILES string of the molecule is CCCC/C=C/C/C=C/CCCCCCCC(=O)OC[C@@H](COP(=O)(O)OC[C@H](N)C(=O)O)OC(=O)CCC/C=C/CCCCCCCCCCCCCCCCCCCC. The molecular weight excluding hydrogens is 794 g/mol. The van der Waals surface area contributed by atoms with Gasteiger partial charge >= 0.3 is 25.7 Å². The van der Waals surface area contributed by atoms with Crippen LogP contribution in [0.15, 0.2) is 36.5 Å². The number of aliphatic carboxylic acids is 1. The zero-order valence-electron chi connectivity index (χ0n) is 38.8. The van der Waals surface area contributed by atoms with Gasteiger partial charge in [0.15, 0.2) is 6.10 Å². The van der Waals surface area contributed by atoms with Gasteiger partial charge in [0.25, 0.3) is 0 Å². The number of unbranched alkanes of at least 4 members (excludes halogenated alkanes) is 26. The third-order valence-electron chi connectivity index (χ3n) is 10.6. The topological polar surface area (TPSA) is 172 Å². The van der Waals surface area contributed by atoms with Gasteiger partial charge in [0.1, 0.15) is 12.6 Å². The van der Waals surface area contributed by atoms with Crippen LogP contribution in [-0.4, -0.2) is 59.9 Å². The van der Waals surface area contributed by atoms with Crippen LogP contribution in [-0.2, 0) is 37.5 Å². The summed E-state index contributed by atoms with van der Waals surface area (Å²) in [5.74, 6) is -2.43. The third kappa shape index (κ3) is 44.1. The quantitative estimate of drug-likeness (QED) is 0.0230. The van der Waals surface area contributed by atoms with Gasteiger partial charge in [-0.1, -0.05) is 192 Å². The number of hydrogen-bond acceptors (Lipinski definition) is 9. The predicted molar refractivity (Wildman–Crippen MR) is 249 cm³/mol. The monoisotopic (exact) mass is 884 g/mol. The molecule has 0 aromatic heterocycles. The van der Waals surface area contributed by atoms with Gasteiger partial charge in [0, 0.05) is 12.8 Å². The molecule has 11 nitrogen and oxygen atoms in total. The van der Waals surface area contributed by atoms with Gasteiger partial charge in [-0.3, -0.25) is 23.4 Å². The van der Waals surface area contributed by atoms with Crippen molar-refractivity contribution in [3.63, 3.8) is 0 Å². The number of carbonyl (C=O) groups excluding carboxylic acids is 2. The van der Waals surface area contributed by atoms with E-state index in [1.807, 2.05) is 0 Å². The molecule has 0 aromatic carbocycles. The summed E-state index contributed by atoms with van der Waals surface area (Å²) in [6.45, 7) is 2.75. The van der Waals surface area contributed by atoms with Crippen molar-refractivity contribution in [2.75, 3.05) is 19.8 Å². The minimum absolute atomic E-state index is 0.112. The van der Waals surface area contributed by atoms with E-state index in [4.69, 9.17) is 24.8 Å². The van der Waals surface area contributed by atoms with E-state index in [-0.39, 0.29) is 19.4 Å². The van der Waals surface area contributed by atoms with Crippen LogP contribution in [0.2, 0.25) is 0 Å². The van der Waals surface area contributed by atoms with Gasteiger partial charge in [-0.25, -0.2) is 4.57 Å². The molecule has 0 aliphatic rings. The van der Waals surface area contributed by atoms with E-state index < -0.39 is 51.1 Å². The molecule has 356 valence electrons. The summed E-state index contributed by atoms with van der Waals surface area (Å²) in [6.07, 6.45) is 49.4. The van der Waals surface area contributed by atoms with Crippen LogP contribution >= 0.6 is 7.82 Å². The molecule has 12 heteroatoms. The molecule has 0 aliphatic carbocycles. The second-order valence-electron chi connectivity index (χ2n) is 16.6. The van der Waals surface area contributed by atoms with Crippen molar-refractivity contribution in [3.8, 4) is 0 Å². The van der Waals surface area contributed by atoms with Crippen molar-refractivity contribution in [1.29, 1.82) is 0 Å². The first-order chi connectivity index (χ1) is 29.6. The normalized spacial score (nSPS) is 13.9. The van der Waals surface area contributed by atoms with Gasteiger partial charge in [-0.15, -0.1) is 0 Å². The summed E-state index contributed by atoms with van der Waals surface area (Å²) in [7, 11) is -4.73. The highest BCUT2D eigenvalue weighted by molar-refractivity contribution is 7.47. The predicted octanol–water partition coefficient (Wildman–Crippen LogP) is 13.6. The second-order valence-corrected chi connectivity index (χ2v) is 18.0. The lowest BCUT2D eigenvalue weighted by Crippen LogP contribution is -2.34. The molecule has 0 saturated heterocycles. The summed E-state index contributed by atoms with van der Waals surface area (Å²) in [6, 6.07) is -1.53. The highest BCUT2D eigenvalue weighted by Gasteiger charge is 2.28. The molecule has 0 aromatic rings. The van der Waals surface area contributed by atoms with E-state index in [9.17, 15) is 23.8 Å². The van der Waals surface area contributed by atoms with Crippen LogP contribution in [0.5, 0.6) is 0 Å². The fourth-order valence-electron chi connectivity index (χ4n) is 6.73. The molecule has 0 bridgehead atoms. The largest absolute Gasteiger partial charge is 0.480 e. The van der Waals surface area contributed by atoms with Crippen LogP contribution in [0, 0.1) is 0 Å². The number of phosphoric ester groups is 1. The number of carboxylic acids is 1. The number of carbonyl (C=O) groups is 3. The molecule has 4 N–H and O–H groups in total. The Bertz CT molecular complexity index is 1180. The number of rotatable bonds is 46. The van der Waals surface area contributed by atoms with Gasteiger partial charge in [-0.05, 0) is 57.8 Å². The third-order valence-corrected chi connectivity index (χ3v) is 11.6. The standard InChI is InChI=1S/C49H90NO10P/c1-3-5-7-9-11-13-15-17-19-20-21-22-23-24-25-26-27-29-31-33-35-37-39-41-48(52)60-45(43-58-61(55,56)59-44-46(50)49(53)54)42-57-47(51)40-38-36-34-32-30-28-18-16-14-12-10-8-6-4-2/h10,12,16,18,33,35,45-46H,3-9,11,13-15,17,19-32,34,36-44,50H2,1-2H3,(H,53,54)(H,55,56)/b12-10+,18-16+,35-33+/t45-,46-/m0/s1. The Labute approximate surface area is 372 Å². The van der Waals surface area contributed by atoms with Gasteiger partial charge < -0.3 is 25.2 Å². The smallest absolute Gasteiger partial charge is 0.472 e. The number of hydrogen-bond donors (Lipinski definition) is 3. The first kappa shape index (κ1) is 58.7. The maximum atomic E-state index is 12.7. The lowest BCUT2D eigenvalue weighted by Gasteiger charge is -2.20. The van der Waals surface area contributed by atoms with Crippen LogP contribution < -0.4 is 5.73 Å². The van der Waals surface area contributed by atoms with Crippen molar-refractivity contribution in [2.45, 2.75) is 238 Å². The number of esters is 2. The zero-order valence-corrected chi connectivity index (χ0v) is 39.7. The van der Waals surface area contributed by atoms with E-state index in [1.165, 1.54) is 122 Å². The number of nitrogens with two attached hydrogens (primary N) is 1. The first-order valence-corrected chi connectivity index (χ1v) is 26.0. The zero-order chi connectivity index (χ0) is 44.9. The van der Waals surface area contributed by atoms with E-state index in [0.29, 0.717) is 19.3 Å². The van der Waals surface area contributed by atoms with E-state index in [1.54, 1.807) is 0 Å². The Morgan fingerprint density at radius 1 is 0.508 bits per heavy atom. The van der Waals surface area contributed by atoms with E-state index in [0.717, 1.165) is 57.8 Å². The van der Waals surface area contributed by atoms with E-state index >= 15 is 0 Å². The lowest BCUT2D eigenvalue weighted by molar-refractivity contribution is -0.161. The van der Waals surface area contributed by atoms with E-state index in [2.05, 4.69) is 54.8 Å². The Morgan fingerprint density at radius 2 is 0.902 bits per heavy atom. The Hall–Kier alpha value is -2.30. The summed E-state index contributed by atoms with van der Waals surface area (Å²) in [5.41, 5.74) is 5.34. The average Bonchev–Trinajstić information content (AvgIpc) is 3.24. The molecule has 1 unspecified atom stereocenters. The molecule has 0 heterocycles. The van der Waals surface area contributed by atoms with Crippen LogP contribution in [0.3, 0.4) is 0 Å². The van der Waals surface area contributed by atoms with Crippen LogP contribution in [0.4, 0.5) is 0 Å². The van der Waals surface area contributed by atoms with Crippen molar-refractivity contribution in [2.24, 2.45) is 5.73 Å². The first-order valence-electron chi connectivity index (χ1n) is 24.5. The van der Waals surface area contributed by atoms with Crippen LogP contribution in [0.1, 0.15) is 226 Å². The highest BCUT2D eigenvalue weighted by Crippen LogP contribution is 2.43. The van der Waals surface area contributed by atoms with Crippen molar-refractivity contribution < 1.29 is 47.5 Å². The maximum absolute atomic E-state index is 12.7. The maximum Gasteiger partial charge on any atom is 0.472 e. The summed E-state index contributed by atoms with van der Waals surface area (Å²) in [5, 5.41) is 8.90. The van der Waals surface area contributed by atoms with Crippen molar-refractivity contribution in [3.05, 3.63) is 36.5 Å². The average molecular weight is 884 g/mol. The van der Waals surface area contributed by atoms with Crippen molar-refractivity contribution >= 4 is 25.7 Å². The fraction of sp³-hybridized carbons (Fsp3) is 0.816. The minimum atomic E-state index is -4.73. The molecule has 0 radical (unpaired) electrons. The van der Waals surface area contributed by atoms with Gasteiger partial charge in [-0.2, -0.15) is 0 Å². The number of ether oxygens (including phenoxy) is 2. The molecular formula is C49H90NO10P. The number of phosphoric acid groups is 1. The van der Waals surface area contributed by atoms with Gasteiger partial charge in [0.05, 0.1) is 13.2 Å². The molecule has 0 aliphatic heterocycles. The number of carboxylic acid groups (broad SMARTS) is 1. The molecule has 0 amide bonds. The van der Waals surface area contributed by atoms with Gasteiger partial charge in [0.2, 0.25) is 0 Å². The Balaban J connectivity index is 4.27. The molecule has 0 saturated carbocycles. The highest BCUT2D eigenvalue weighted by atomic mass is 31.2. The minimum Gasteiger partial charge on any atom is -0.480 e.